The average molecular weight is 457 g/mol. The summed E-state index contributed by atoms with van der Waals surface area (Å²) in [6.45, 7) is 4.40. The molecule has 0 unspecified atom stereocenters. The highest BCUT2D eigenvalue weighted by Gasteiger charge is 2.35. The minimum absolute atomic E-state index is 0.229. The molecular weight excluding hydrogens is 435 g/mol. The molecule has 1 aromatic heterocycles. The maximum Gasteiger partial charge on any atom is 0.256 e. The average Bonchev–Trinajstić information content (AvgIpc) is 3.36. The van der Waals surface area contributed by atoms with E-state index in [0.29, 0.717) is 34.3 Å². The zero-order valence-corrected chi connectivity index (χ0v) is 18.7. The van der Waals surface area contributed by atoms with Crippen molar-refractivity contribution in [3.63, 3.8) is 0 Å². The Kier molecular flexibility index (Phi) is 6.03. The molecule has 0 aliphatic carbocycles. The van der Waals surface area contributed by atoms with Crippen LogP contribution in [0.4, 0.5) is 5.69 Å². The van der Waals surface area contributed by atoms with Gasteiger partial charge in [0.15, 0.2) is 0 Å². The third kappa shape index (κ3) is 4.45. The van der Waals surface area contributed by atoms with Gasteiger partial charge in [-0.25, -0.2) is 4.98 Å². The van der Waals surface area contributed by atoms with Crippen molar-refractivity contribution in [1.82, 2.24) is 14.9 Å². The van der Waals surface area contributed by atoms with Crippen LogP contribution >= 0.6 is 23.2 Å². The molecular formula is C23H22Cl2N4O2. The number of H-pyrrole nitrogens is 1. The largest absolute Gasteiger partial charge is 0.342 e. The van der Waals surface area contributed by atoms with Gasteiger partial charge in [0.25, 0.3) is 5.91 Å². The molecule has 2 heterocycles. The van der Waals surface area contributed by atoms with Crippen LogP contribution in [0.15, 0.2) is 42.5 Å². The molecule has 1 fully saturated rings. The van der Waals surface area contributed by atoms with Crippen LogP contribution in [0.1, 0.15) is 34.6 Å². The van der Waals surface area contributed by atoms with Gasteiger partial charge in [-0.05, 0) is 57.0 Å². The van der Waals surface area contributed by atoms with Gasteiger partial charge in [-0.3, -0.25) is 9.59 Å². The fourth-order valence-corrected chi connectivity index (χ4v) is 4.12. The fraction of sp³-hybridized carbons (Fsp3) is 0.261. The Morgan fingerprint density at radius 1 is 1.16 bits per heavy atom. The van der Waals surface area contributed by atoms with Crippen molar-refractivity contribution in [3.05, 3.63) is 69.5 Å². The molecule has 2 amide bonds. The number of nitrogens with one attached hydrogen (secondary N) is 2. The van der Waals surface area contributed by atoms with E-state index in [0.717, 1.165) is 29.2 Å². The summed E-state index contributed by atoms with van der Waals surface area (Å²) in [5.74, 6) is 0.229. The van der Waals surface area contributed by atoms with E-state index >= 15 is 0 Å². The number of anilines is 1. The van der Waals surface area contributed by atoms with Crippen LogP contribution in [0.5, 0.6) is 0 Å². The van der Waals surface area contributed by atoms with Gasteiger partial charge in [-0.1, -0.05) is 35.3 Å². The number of hydrogen-bond donors (Lipinski definition) is 2. The van der Waals surface area contributed by atoms with Gasteiger partial charge in [0.05, 0.1) is 16.3 Å². The molecule has 8 heteroatoms. The topological polar surface area (TPSA) is 78.1 Å². The summed E-state index contributed by atoms with van der Waals surface area (Å²) in [6.07, 6.45) is 1.33. The molecule has 160 valence electrons. The Labute approximate surface area is 190 Å². The summed E-state index contributed by atoms with van der Waals surface area (Å²) >= 11 is 12.2. The minimum atomic E-state index is -0.570. The maximum absolute atomic E-state index is 13.1. The maximum atomic E-state index is 13.1. The van der Waals surface area contributed by atoms with E-state index in [-0.39, 0.29) is 11.8 Å². The summed E-state index contributed by atoms with van der Waals surface area (Å²) in [6, 6.07) is 11.7. The molecule has 31 heavy (non-hydrogen) atoms. The lowest BCUT2D eigenvalue weighted by molar-refractivity contribution is -0.119. The molecule has 0 saturated carbocycles. The first-order valence-corrected chi connectivity index (χ1v) is 10.8. The highest BCUT2D eigenvalue weighted by atomic mass is 35.5. The van der Waals surface area contributed by atoms with E-state index in [1.54, 1.807) is 17.0 Å². The lowest BCUT2D eigenvalue weighted by atomic mass is 10.1. The number of likely N-dealkylation sites (tertiary alicyclic amines) is 1. The van der Waals surface area contributed by atoms with Crippen LogP contribution in [0.25, 0.3) is 11.4 Å². The van der Waals surface area contributed by atoms with Gasteiger partial charge in [-0.15, -0.1) is 0 Å². The standard InChI is InChI=1S/C23H22Cl2N4O2/c1-13-14(2)27-21(26-13)15-5-3-6-17(11-15)28-22(30)20-7-4-10-29(20)23(31)18-12-16(24)8-9-19(18)25/h3,5-6,8-9,11-12,20H,4,7,10H2,1-2H3,(H,26,27)(H,28,30)/t20-/m1/s1. The first-order chi connectivity index (χ1) is 14.8. The number of aromatic amines is 1. The highest BCUT2D eigenvalue weighted by Crippen LogP contribution is 2.27. The molecule has 3 aromatic rings. The number of halogens is 2. The Morgan fingerprint density at radius 3 is 2.71 bits per heavy atom. The normalized spacial score (nSPS) is 15.9. The van der Waals surface area contributed by atoms with E-state index in [9.17, 15) is 9.59 Å². The van der Waals surface area contributed by atoms with Crippen molar-refractivity contribution >= 4 is 40.7 Å². The molecule has 1 atom stereocenters. The number of amides is 2. The number of benzene rings is 2. The quantitative estimate of drug-likeness (QED) is 0.562. The van der Waals surface area contributed by atoms with Crippen LogP contribution in [0.2, 0.25) is 10.0 Å². The summed E-state index contributed by atoms with van der Waals surface area (Å²) in [4.78, 5) is 35.4. The SMILES string of the molecule is Cc1nc(-c2cccc(NC(=O)[C@H]3CCCN3C(=O)c3cc(Cl)ccc3Cl)c2)[nH]c1C. The second-order valence-electron chi connectivity index (χ2n) is 7.65. The van der Waals surface area contributed by atoms with Crippen molar-refractivity contribution in [2.75, 3.05) is 11.9 Å². The Balaban J connectivity index is 1.52. The fourth-order valence-electron chi connectivity index (χ4n) is 3.75. The molecule has 1 aliphatic heterocycles. The van der Waals surface area contributed by atoms with Gasteiger partial charge >= 0.3 is 0 Å². The Morgan fingerprint density at radius 2 is 1.97 bits per heavy atom. The molecule has 1 aliphatic rings. The lowest BCUT2D eigenvalue weighted by Crippen LogP contribution is -2.43. The van der Waals surface area contributed by atoms with E-state index in [2.05, 4.69) is 15.3 Å². The molecule has 4 rings (SSSR count). The zero-order chi connectivity index (χ0) is 22.1. The Hall–Kier alpha value is -2.83. The van der Waals surface area contributed by atoms with Crippen molar-refractivity contribution < 1.29 is 9.59 Å². The zero-order valence-electron chi connectivity index (χ0n) is 17.2. The Bertz CT molecular complexity index is 1140. The number of hydrogen-bond acceptors (Lipinski definition) is 3. The van der Waals surface area contributed by atoms with Crippen LogP contribution in [-0.2, 0) is 4.79 Å². The van der Waals surface area contributed by atoms with Crippen LogP contribution in [0, 0.1) is 13.8 Å². The van der Waals surface area contributed by atoms with Gasteiger partial charge in [0, 0.05) is 28.5 Å². The second kappa shape index (κ2) is 8.73. The molecule has 2 aromatic carbocycles. The van der Waals surface area contributed by atoms with E-state index in [4.69, 9.17) is 23.2 Å². The predicted molar refractivity (Wildman–Crippen MR) is 123 cm³/mol. The molecule has 1 saturated heterocycles. The first kappa shape index (κ1) is 21.4. The molecule has 2 N–H and O–H groups in total. The number of aromatic nitrogens is 2. The number of aryl methyl sites for hydroxylation is 2. The minimum Gasteiger partial charge on any atom is -0.342 e. The summed E-state index contributed by atoms with van der Waals surface area (Å²) in [5.41, 5.74) is 3.77. The number of rotatable bonds is 4. The molecule has 6 nitrogen and oxygen atoms in total. The van der Waals surface area contributed by atoms with Crippen molar-refractivity contribution in [2.24, 2.45) is 0 Å². The molecule has 0 radical (unpaired) electrons. The van der Waals surface area contributed by atoms with Crippen molar-refractivity contribution in [2.45, 2.75) is 32.7 Å². The monoisotopic (exact) mass is 456 g/mol. The van der Waals surface area contributed by atoms with Crippen LogP contribution < -0.4 is 5.32 Å². The first-order valence-electron chi connectivity index (χ1n) is 10.0. The molecule has 0 bridgehead atoms. The third-order valence-corrected chi connectivity index (χ3v) is 6.07. The van der Waals surface area contributed by atoms with Crippen LogP contribution in [0.3, 0.4) is 0 Å². The van der Waals surface area contributed by atoms with Gasteiger partial charge < -0.3 is 15.2 Å². The van der Waals surface area contributed by atoms with E-state index in [1.165, 1.54) is 6.07 Å². The van der Waals surface area contributed by atoms with E-state index in [1.807, 2.05) is 38.1 Å². The smallest absolute Gasteiger partial charge is 0.256 e. The van der Waals surface area contributed by atoms with Gasteiger partial charge in [-0.2, -0.15) is 0 Å². The summed E-state index contributed by atoms with van der Waals surface area (Å²) < 4.78 is 0. The van der Waals surface area contributed by atoms with E-state index < -0.39 is 6.04 Å². The van der Waals surface area contributed by atoms with Crippen LogP contribution in [-0.4, -0.2) is 39.3 Å². The number of imidazole rings is 1. The summed E-state index contributed by atoms with van der Waals surface area (Å²) in [5, 5.41) is 3.69. The number of nitrogens with zero attached hydrogens (tertiary/aromatic N) is 2. The second-order valence-corrected chi connectivity index (χ2v) is 8.49. The van der Waals surface area contributed by atoms with Crippen molar-refractivity contribution in [1.29, 1.82) is 0 Å². The number of carbonyl (C=O) groups excluding carboxylic acids is 2. The number of carbonyl (C=O) groups is 2. The predicted octanol–water partition coefficient (Wildman–Crippen LogP) is 5.24. The summed E-state index contributed by atoms with van der Waals surface area (Å²) in [7, 11) is 0. The highest BCUT2D eigenvalue weighted by molar-refractivity contribution is 6.35. The van der Waals surface area contributed by atoms with Gasteiger partial charge in [0.1, 0.15) is 11.9 Å². The third-order valence-electron chi connectivity index (χ3n) is 5.51. The lowest BCUT2D eigenvalue weighted by Gasteiger charge is -2.24. The molecule has 0 spiro atoms. The van der Waals surface area contributed by atoms with Crippen molar-refractivity contribution in [3.8, 4) is 11.4 Å². The van der Waals surface area contributed by atoms with Gasteiger partial charge in [0.2, 0.25) is 5.91 Å².